The summed E-state index contributed by atoms with van der Waals surface area (Å²) in [4.78, 5) is 0. The predicted molar refractivity (Wildman–Crippen MR) is 309 cm³/mol. The standard InChI is InChI=1S/4C12F10N.4C4H10O.Ce.Na/c4*13-1-3(15)7(19)11(8(20)4(1)16)23-12-9(21)5(17)2(14)6(18)10(12)22;4*1-3-5-4-2;;/h;;;;4*3-4H2,1-2H3;;/q4*-1;;;;;+3;+1. The molecule has 8 rings (SSSR count). The molecule has 8 aromatic carbocycles. The van der Waals surface area contributed by atoms with E-state index in [0.717, 1.165) is 52.9 Å². The Labute approximate surface area is 669 Å². The van der Waals surface area contributed by atoms with E-state index < -0.39 is 278 Å². The molecule has 0 saturated carbocycles. The predicted octanol–water partition coefficient (Wildman–Crippen LogP) is 22.8. The number of rotatable bonds is 16. The molecule has 0 unspecified atom stereocenters. The van der Waals surface area contributed by atoms with E-state index in [1.807, 2.05) is 55.4 Å². The van der Waals surface area contributed by atoms with Gasteiger partial charge in [0.1, 0.15) is 93.1 Å². The van der Waals surface area contributed by atoms with E-state index in [0.29, 0.717) is 0 Å². The van der Waals surface area contributed by atoms with Crippen molar-refractivity contribution in [3.05, 3.63) is 254 Å². The van der Waals surface area contributed by atoms with Crippen molar-refractivity contribution in [1.82, 2.24) is 0 Å². The Bertz CT molecular complexity index is 3560. The van der Waals surface area contributed by atoms with Gasteiger partial charge in [0.05, 0.1) is 0 Å². The van der Waals surface area contributed by atoms with Crippen LogP contribution < -0.4 is 29.6 Å². The summed E-state index contributed by atoms with van der Waals surface area (Å²) in [5, 5.41) is 9.49. The molecular weight excluding hydrogens is 1810 g/mol. The molecule has 0 aliphatic rings. The number of hydrogen-bond acceptors (Lipinski definition) is 4. The van der Waals surface area contributed by atoms with Crippen LogP contribution in [0.25, 0.3) is 21.3 Å². The van der Waals surface area contributed by atoms with Crippen LogP contribution >= 0.6 is 0 Å². The molecule has 1 radical (unpaired) electrons. The SMILES string of the molecule is CCOCC.CCOCC.CCOCC.CCOCC.Fc1c(F)c(F)c([N-]c2c(F)c(F)c(F)c(F)c2F)c(F)c1F.Fc1c(F)c(F)c([N-]c2c(F)c(F)c(F)c(F)c2F)c(F)c1F.Fc1c(F)c(F)c([N-]c2c(F)c(F)c(F)c(F)c2F)c(F)c1F.Fc1c(F)c(F)c([N-]c2c(F)c(F)c(F)c(F)c2F)c(F)c1F.[Ce+3].[Na+]. The largest absolute Gasteiger partial charge is 3.00 e. The van der Waals surface area contributed by atoms with Crippen LogP contribution in [0.3, 0.4) is 0 Å². The monoisotopic (exact) mass is 1850 g/mol. The molecule has 0 aliphatic heterocycles. The summed E-state index contributed by atoms with van der Waals surface area (Å²) in [7, 11) is 0. The van der Waals surface area contributed by atoms with Crippen molar-refractivity contribution in [2.24, 2.45) is 0 Å². The normalized spacial score (nSPS) is 10.4. The molecule has 0 spiro atoms. The molecule has 8 nitrogen and oxygen atoms in total. The maximum Gasteiger partial charge on any atom is 3.00 e. The van der Waals surface area contributed by atoms with Gasteiger partial charge in [-0.3, -0.25) is 0 Å². The van der Waals surface area contributed by atoms with Crippen molar-refractivity contribution < 1.29 is 266 Å². The minimum absolute atomic E-state index is 0. The molecule has 625 valence electrons. The van der Waals surface area contributed by atoms with Gasteiger partial charge in [-0.15, -0.1) is 0 Å². The summed E-state index contributed by atoms with van der Waals surface area (Å²) >= 11 is 0. The van der Waals surface area contributed by atoms with Gasteiger partial charge in [-0.05, 0) is 55.4 Å². The fourth-order valence-electron chi connectivity index (χ4n) is 6.80. The van der Waals surface area contributed by atoms with E-state index in [2.05, 4.69) is 21.3 Å². The third-order valence-electron chi connectivity index (χ3n) is 12.0. The molecule has 0 aliphatic carbocycles. The Morgan fingerprint density at radius 3 is 0.228 bits per heavy atom. The molecule has 0 N–H and O–H groups in total. The van der Waals surface area contributed by atoms with Crippen molar-refractivity contribution in [2.75, 3.05) is 52.9 Å². The Morgan fingerprint density at radius 2 is 0.184 bits per heavy atom. The molecule has 0 bridgehead atoms. The topological polar surface area (TPSA) is 93.3 Å². The van der Waals surface area contributed by atoms with Crippen molar-refractivity contribution in [2.45, 2.75) is 55.4 Å². The molecule has 0 amide bonds. The van der Waals surface area contributed by atoms with Gasteiger partial charge in [0, 0.05) is 52.9 Å². The van der Waals surface area contributed by atoms with Gasteiger partial charge in [-0.2, -0.15) is 0 Å². The molecule has 8 aromatic rings. The number of halogens is 40. The summed E-state index contributed by atoms with van der Waals surface area (Å²) in [6.45, 7) is 22.7. The molecule has 0 heterocycles. The maximum atomic E-state index is 13.3. The van der Waals surface area contributed by atoms with Crippen LogP contribution in [0, 0.1) is 274 Å². The van der Waals surface area contributed by atoms with E-state index in [-0.39, 0.29) is 71.3 Å². The average molecular weight is 1850 g/mol. The van der Waals surface area contributed by atoms with Crippen LogP contribution in [-0.4, -0.2) is 52.9 Å². The molecule has 0 aromatic heterocycles. The Morgan fingerprint density at radius 1 is 0.132 bits per heavy atom. The Hall–Kier alpha value is -7.62. The van der Waals surface area contributed by atoms with Crippen LogP contribution in [-0.2, 0) is 18.9 Å². The fourth-order valence-corrected chi connectivity index (χ4v) is 6.80. The van der Waals surface area contributed by atoms with E-state index >= 15 is 0 Å². The summed E-state index contributed by atoms with van der Waals surface area (Å²) in [6.07, 6.45) is 0. The molecule has 0 atom stereocenters. The quantitative estimate of drug-likeness (QED) is 0.0417. The second kappa shape index (κ2) is 49.4. The number of ether oxygens (including phenoxy) is 4. The first-order valence-electron chi connectivity index (χ1n) is 29.3. The van der Waals surface area contributed by atoms with Gasteiger partial charge in [-0.1, -0.05) is 45.5 Å². The smallest absolute Gasteiger partial charge is 0.648 e. The first kappa shape index (κ1) is 108. The van der Waals surface area contributed by atoms with E-state index in [9.17, 15) is 176 Å². The number of nitrogens with zero attached hydrogens (tertiary/aromatic N) is 4. The molecule has 50 heteroatoms. The molecule has 114 heavy (non-hydrogen) atoms. The van der Waals surface area contributed by atoms with Crippen LogP contribution in [0.5, 0.6) is 0 Å². The second-order valence-corrected chi connectivity index (χ2v) is 18.9. The summed E-state index contributed by atoms with van der Waals surface area (Å²) in [5.74, 6) is -103. The van der Waals surface area contributed by atoms with Gasteiger partial charge in [-0.25, -0.2) is 176 Å². The minimum Gasteiger partial charge on any atom is -0.648 e. The van der Waals surface area contributed by atoms with Gasteiger partial charge < -0.3 is 40.2 Å². The Kier molecular flexibility index (Phi) is 47.0. The summed E-state index contributed by atoms with van der Waals surface area (Å²) in [6, 6.07) is 0. The van der Waals surface area contributed by atoms with Crippen molar-refractivity contribution in [3.63, 3.8) is 0 Å². The van der Waals surface area contributed by atoms with Crippen molar-refractivity contribution >= 4 is 45.5 Å². The summed E-state index contributed by atoms with van der Waals surface area (Å²) < 4.78 is 541. The molecule has 0 saturated heterocycles. The van der Waals surface area contributed by atoms with Crippen LogP contribution in [0.4, 0.5) is 221 Å². The zero-order valence-corrected chi connectivity index (χ0v) is 62.8. The van der Waals surface area contributed by atoms with E-state index in [1.165, 1.54) is 0 Å². The molecular formula is C64H40CeF40N4NaO4. The first-order chi connectivity index (χ1) is 52.0. The Balaban J connectivity index is 0. The van der Waals surface area contributed by atoms with Crippen LogP contribution in [0.15, 0.2) is 0 Å². The van der Waals surface area contributed by atoms with Gasteiger partial charge >= 0.3 is 71.3 Å². The number of benzene rings is 8. The third kappa shape index (κ3) is 25.7. The zero-order chi connectivity index (χ0) is 87.0. The van der Waals surface area contributed by atoms with Crippen molar-refractivity contribution in [1.29, 1.82) is 0 Å². The maximum absolute atomic E-state index is 13.3. The van der Waals surface area contributed by atoms with Crippen LogP contribution in [0.1, 0.15) is 55.4 Å². The van der Waals surface area contributed by atoms with E-state index in [1.54, 1.807) is 0 Å². The van der Waals surface area contributed by atoms with Crippen LogP contribution in [0.2, 0.25) is 0 Å². The minimum atomic E-state index is -2.59. The molecule has 0 fully saturated rings. The average Bonchev–Trinajstić information content (AvgIpc) is 0.785. The third-order valence-corrected chi connectivity index (χ3v) is 12.0. The number of hydrogen-bond donors (Lipinski definition) is 0. The van der Waals surface area contributed by atoms with Crippen molar-refractivity contribution in [3.8, 4) is 0 Å². The fraction of sp³-hybridized carbons (Fsp3) is 0.250. The van der Waals surface area contributed by atoms with Gasteiger partial charge in [0.25, 0.3) is 0 Å². The summed E-state index contributed by atoms with van der Waals surface area (Å²) in [5.41, 5.74) is -16.9. The van der Waals surface area contributed by atoms with Gasteiger partial charge in [0.2, 0.25) is 0 Å². The van der Waals surface area contributed by atoms with Gasteiger partial charge in [0.15, 0.2) is 140 Å². The first-order valence-corrected chi connectivity index (χ1v) is 29.3. The second-order valence-electron chi connectivity index (χ2n) is 18.9. The van der Waals surface area contributed by atoms with E-state index in [4.69, 9.17) is 18.9 Å². The zero-order valence-electron chi connectivity index (χ0n) is 57.7.